The van der Waals surface area contributed by atoms with E-state index in [0.29, 0.717) is 23.5 Å². The molecule has 1 aliphatic rings. The number of hydrogen-bond donors (Lipinski definition) is 2. The van der Waals surface area contributed by atoms with Gasteiger partial charge in [0.05, 0.1) is 0 Å². The number of nitrogens with one attached hydrogen (secondary N) is 1. The Kier molecular flexibility index (Phi) is 3.10. The smallest absolute Gasteiger partial charge is 0.238 e. The van der Waals surface area contributed by atoms with Crippen LogP contribution in [0, 0.1) is 5.92 Å². The van der Waals surface area contributed by atoms with E-state index in [-0.39, 0.29) is 6.04 Å². The van der Waals surface area contributed by atoms with Crippen molar-refractivity contribution in [3.8, 4) is 11.6 Å². The molecule has 2 aromatic heterocycles. The van der Waals surface area contributed by atoms with Gasteiger partial charge in [-0.15, -0.1) is 0 Å². The second kappa shape index (κ2) is 4.89. The number of rotatable bonds is 3. The van der Waals surface area contributed by atoms with Crippen LogP contribution in [0.3, 0.4) is 0 Å². The van der Waals surface area contributed by atoms with Crippen molar-refractivity contribution >= 4 is 0 Å². The first-order chi connectivity index (χ1) is 8.83. The van der Waals surface area contributed by atoms with Crippen LogP contribution in [0.1, 0.15) is 31.6 Å². The highest BCUT2D eigenvalue weighted by molar-refractivity contribution is 5.40. The number of aromatic amines is 1. The van der Waals surface area contributed by atoms with Gasteiger partial charge in [0.2, 0.25) is 11.7 Å². The van der Waals surface area contributed by atoms with Gasteiger partial charge in [-0.25, -0.2) is 4.98 Å². The molecule has 2 aromatic rings. The van der Waals surface area contributed by atoms with Crippen molar-refractivity contribution in [1.82, 2.24) is 20.1 Å². The maximum Gasteiger partial charge on any atom is 0.238 e. The number of nitrogens with two attached hydrogens (primary N) is 1. The molecule has 0 aliphatic heterocycles. The largest absolute Gasteiger partial charge is 0.342 e. The van der Waals surface area contributed by atoms with Gasteiger partial charge in [-0.1, -0.05) is 18.0 Å². The summed E-state index contributed by atoms with van der Waals surface area (Å²) in [7, 11) is 0. The molecular weight excluding hydrogens is 230 g/mol. The molecule has 96 valence electrons. The quantitative estimate of drug-likeness (QED) is 0.857. The van der Waals surface area contributed by atoms with Crippen LogP contribution in [0.15, 0.2) is 16.9 Å². The summed E-state index contributed by atoms with van der Waals surface area (Å²) < 4.78 is 5.26. The first-order valence-electron chi connectivity index (χ1n) is 6.41. The molecule has 1 aliphatic carbocycles. The Morgan fingerprint density at radius 2 is 2.28 bits per heavy atom. The van der Waals surface area contributed by atoms with Gasteiger partial charge in [0.1, 0.15) is 0 Å². The highest BCUT2D eigenvalue weighted by Crippen LogP contribution is 2.26. The summed E-state index contributed by atoms with van der Waals surface area (Å²) in [5, 5.41) is 3.93. The number of imidazole rings is 1. The van der Waals surface area contributed by atoms with Crippen molar-refractivity contribution in [2.24, 2.45) is 11.7 Å². The molecule has 0 saturated heterocycles. The average Bonchev–Trinajstić information content (AvgIpc) is 3.02. The summed E-state index contributed by atoms with van der Waals surface area (Å²) in [4.78, 5) is 11.4. The molecule has 2 unspecified atom stereocenters. The number of nitrogens with zero attached hydrogens (tertiary/aromatic N) is 3. The summed E-state index contributed by atoms with van der Waals surface area (Å²) in [6.07, 6.45) is 8.92. The summed E-state index contributed by atoms with van der Waals surface area (Å²) in [6.45, 7) is 0. The normalized spacial score (nSPS) is 24.3. The first-order valence-corrected chi connectivity index (χ1v) is 6.41. The number of aromatic nitrogens is 4. The minimum absolute atomic E-state index is 0.262. The Morgan fingerprint density at radius 3 is 3.06 bits per heavy atom. The lowest BCUT2D eigenvalue weighted by atomic mass is 9.83. The lowest BCUT2D eigenvalue weighted by Crippen LogP contribution is -2.34. The fraction of sp³-hybridized carbons (Fsp3) is 0.583. The number of H-pyrrole nitrogens is 1. The molecule has 3 rings (SSSR count). The number of hydrogen-bond acceptors (Lipinski definition) is 5. The van der Waals surface area contributed by atoms with Crippen molar-refractivity contribution in [2.75, 3.05) is 0 Å². The molecule has 1 saturated carbocycles. The molecule has 2 atom stereocenters. The summed E-state index contributed by atoms with van der Waals surface area (Å²) in [6, 6.07) is 0.262. The van der Waals surface area contributed by atoms with Gasteiger partial charge in [0.15, 0.2) is 5.82 Å². The fourth-order valence-corrected chi connectivity index (χ4v) is 2.54. The van der Waals surface area contributed by atoms with Gasteiger partial charge in [0, 0.05) is 24.9 Å². The molecule has 3 N–H and O–H groups in total. The lowest BCUT2D eigenvalue weighted by molar-refractivity contribution is 0.273. The van der Waals surface area contributed by atoms with Crippen LogP contribution >= 0.6 is 0 Å². The Bertz CT molecular complexity index is 492. The van der Waals surface area contributed by atoms with Crippen molar-refractivity contribution in [3.05, 3.63) is 18.3 Å². The van der Waals surface area contributed by atoms with Crippen LogP contribution in [0.25, 0.3) is 11.6 Å². The summed E-state index contributed by atoms with van der Waals surface area (Å²) in [5.74, 6) is 2.27. The molecule has 6 nitrogen and oxygen atoms in total. The second-order valence-corrected chi connectivity index (χ2v) is 4.86. The van der Waals surface area contributed by atoms with Gasteiger partial charge in [0.25, 0.3) is 0 Å². The summed E-state index contributed by atoms with van der Waals surface area (Å²) in [5.41, 5.74) is 6.12. The van der Waals surface area contributed by atoms with Crippen LogP contribution in [0.5, 0.6) is 0 Å². The monoisotopic (exact) mass is 247 g/mol. The van der Waals surface area contributed by atoms with Crippen LogP contribution in [0.4, 0.5) is 0 Å². The van der Waals surface area contributed by atoms with Crippen molar-refractivity contribution in [3.63, 3.8) is 0 Å². The van der Waals surface area contributed by atoms with Gasteiger partial charge in [-0.3, -0.25) is 0 Å². The van der Waals surface area contributed by atoms with Crippen LogP contribution < -0.4 is 5.73 Å². The zero-order valence-electron chi connectivity index (χ0n) is 10.2. The van der Waals surface area contributed by atoms with E-state index in [9.17, 15) is 0 Å². The third kappa shape index (κ3) is 2.28. The minimum atomic E-state index is 0.262. The van der Waals surface area contributed by atoms with E-state index < -0.39 is 0 Å². The average molecular weight is 247 g/mol. The predicted molar refractivity (Wildman–Crippen MR) is 65.5 cm³/mol. The maximum atomic E-state index is 6.12. The Labute approximate surface area is 105 Å². The van der Waals surface area contributed by atoms with Crippen LogP contribution in [0.2, 0.25) is 0 Å². The van der Waals surface area contributed by atoms with Gasteiger partial charge >= 0.3 is 0 Å². The van der Waals surface area contributed by atoms with E-state index in [0.717, 1.165) is 19.3 Å². The third-order valence-corrected chi connectivity index (χ3v) is 3.58. The van der Waals surface area contributed by atoms with Gasteiger partial charge < -0.3 is 15.2 Å². The van der Waals surface area contributed by atoms with Crippen LogP contribution in [-0.2, 0) is 6.42 Å². The highest BCUT2D eigenvalue weighted by atomic mass is 16.5. The molecule has 6 heteroatoms. The zero-order chi connectivity index (χ0) is 12.4. The highest BCUT2D eigenvalue weighted by Gasteiger charge is 2.24. The van der Waals surface area contributed by atoms with Crippen LogP contribution in [-0.4, -0.2) is 26.2 Å². The minimum Gasteiger partial charge on any atom is -0.342 e. The molecule has 2 heterocycles. The molecular formula is C12H17N5O. The maximum absolute atomic E-state index is 6.12. The topological polar surface area (TPSA) is 93.6 Å². The van der Waals surface area contributed by atoms with Gasteiger partial charge in [-0.05, 0) is 18.8 Å². The molecule has 0 radical (unpaired) electrons. The van der Waals surface area contributed by atoms with E-state index in [1.807, 2.05) is 0 Å². The SMILES string of the molecule is NC1CCCCC1Cc1nc(-c2ncc[nH]2)no1. The predicted octanol–water partition coefficient (Wildman–Crippen LogP) is 1.52. The van der Waals surface area contributed by atoms with E-state index >= 15 is 0 Å². The lowest BCUT2D eigenvalue weighted by Gasteiger charge is -2.27. The molecule has 0 amide bonds. The Hall–Kier alpha value is -1.69. The standard InChI is InChI=1S/C12H17N5O/c13-9-4-2-1-3-8(9)7-10-16-12(17-18-10)11-14-5-6-15-11/h5-6,8-9H,1-4,7,13H2,(H,14,15). The zero-order valence-corrected chi connectivity index (χ0v) is 10.2. The summed E-state index contributed by atoms with van der Waals surface area (Å²) >= 11 is 0. The van der Waals surface area contributed by atoms with Crippen molar-refractivity contribution in [1.29, 1.82) is 0 Å². The van der Waals surface area contributed by atoms with Crippen molar-refractivity contribution in [2.45, 2.75) is 38.1 Å². The van der Waals surface area contributed by atoms with Gasteiger partial charge in [-0.2, -0.15) is 4.98 Å². The Balaban J connectivity index is 1.70. The second-order valence-electron chi connectivity index (χ2n) is 4.86. The van der Waals surface area contributed by atoms with E-state index in [1.54, 1.807) is 12.4 Å². The van der Waals surface area contributed by atoms with E-state index in [1.165, 1.54) is 12.8 Å². The Morgan fingerprint density at radius 1 is 1.39 bits per heavy atom. The van der Waals surface area contributed by atoms with Crippen molar-refractivity contribution < 1.29 is 4.52 Å². The third-order valence-electron chi connectivity index (χ3n) is 3.58. The van der Waals surface area contributed by atoms with E-state index in [4.69, 9.17) is 10.3 Å². The fourth-order valence-electron chi connectivity index (χ4n) is 2.54. The molecule has 0 spiro atoms. The first kappa shape index (κ1) is 11.4. The van der Waals surface area contributed by atoms with E-state index in [2.05, 4.69) is 20.1 Å². The molecule has 0 aromatic carbocycles. The molecule has 18 heavy (non-hydrogen) atoms. The molecule has 0 bridgehead atoms. The molecule has 1 fully saturated rings.